The van der Waals surface area contributed by atoms with E-state index in [2.05, 4.69) is 29.0 Å². The topological polar surface area (TPSA) is 35.6 Å². The van der Waals surface area contributed by atoms with Crippen LogP contribution in [0.3, 0.4) is 0 Å². The summed E-state index contributed by atoms with van der Waals surface area (Å²) < 4.78 is 0. The summed E-state index contributed by atoms with van der Waals surface area (Å²) in [7, 11) is 0. The Bertz CT molecular complexity index is 365. The lowest BCUT2D eigenvalue weighted by atomic mass is 9.97. The standard InChI is InChI=1S/C16H29N3O/c1-3-14-17-16(8-5-6-9-16)15(20)19(14)12-13-7-10-18(4-2)11-13/h13-14,17H,3-12H2,1-2H3. The van der Waals surface area contributed by atoms with Crippen LogP contribution in [-0.4, -0.2) is 53.6 Å². The van der Waals surface area contributed by atoms with Crippen LogP contribution in [0.1, 0.15) is 52.4 Å². The van der Waals surface area contributed by atoms with Crippen molar-refractivity contribution in [2.45, 2.75) is 64.1 Å². The predicted molar refractivity (Wildman–Crippen MR) is 80.3 cm³/mol. The number of nitrogens with one attached hydrogen (secondary N) is 1. The molecule has 0 radical (unpaired) electrons. The molecule has 2 atom stereocenters. The predicted octanol–water partition coefficient (Wildman–Crippen LogP) is 1.81. The van der Waals surface area contributed by atoms with E-state index in [-0.39, 0.29) is 11.7 Å². The van der Waals surface area contributed by atoms with Crippen LogP contribution in [0.15, 0.2) is 0 Å². The van der Waals surface area contributed by atoms with Gasteiger partial charge in [0.1, 0.15) is 0 Å². The highest BCUT2D eigenvalue weighted by Crippen LogP contribution is 2.37. The number of hydrogen-bond acceptors (Lipinski definition) is 3. The van der Waals surface area contributed by atoms with Gasteiger partial charge < -0.3 is 9.80 Å². The van der Waals surface area contributed by atoms with Gasteiger partial charge in [0, 0.05) is 13.1 Å². The molecule has 4 heteroatoms. The summed E-state index contributed by atoms with van der Waals surface area (Å²) >= 11 is 0. The maximum atomic E-state index is 12.9. The second-order valence-electron chi connectivity index (χ2n) is 6.86. The number of carbonyl (C=O) groups is 1. The molecule has 0 bridgehead atoms. The molecule has 2 heterocycles. The number of nitrogens with zero attached hydrogens (tertiary/aromatic N) is 2. The van der Waals surface area contributed by atoms with Crippen LogP contribution in [0.25, 0.3) is 0 Å². The van der Waals surface area contributed by atoms with Crippen LogP contribution >= 0.6 is 0 Å². The molecule has 2 aliphatic heterocycles. The lowest BCUT2D eigenvalue weighted by molar-refractivity contribution is -0.133. The number of amides is 1. The van der Waals surface area contributed by atoms with Crippen LogP contribution in [0.2, 0.25) is 0 Å². The molecule has 2 unspecified atom stereocenters. The van der Waals surface area contributed by atoms with Crippen LogP contribution in [0.4, 0.5) is 0 Å². The molecule has 3 aliphatic rings. The average molecular weight is 279 g/mol. The van der Waals surface area contributed by atoms with E-state index in [9.17, 15) is 4.79 Å². The minimum atomic E-state index is -0.191. The zero-order valence-corrected chi connectivity index (χ0v) is 13.0. The van der Waals surface area contributed by atoms with Crippen LogP contribution in [0.5, 0.6) is 0 Å². The van der Waals surface area contributed by atoms with E-state index in [1.54, 1.807) is 0 Å². The van der Waals surface area contributed by atoms with E-state index in [0.29, 0.717) is 11.8 Å². The van der Waals surface area contributed by atoms with Gasteiger partial charge in [-0.05, 0) is 44.7 Å². The summed E-state index contributed by atoms with van der Waals surface area (Å²) in [6.07, 6.45) is 7.05. The highest BCUT2D eigenvalue weighted by atomic mass is 16.2. The number of rotatable bonds is 4. The summed E-state index contributed by atoms with van der Waals surface area (Å²) in [5.41, 5.74) is -0.191. The number of carbonyl (C=O) groups excluding carboxylic acids is 1. The Labute approximate surface area is 122 Å². The highest BCUT2D eigenvalue weighted by Gasteiger charge is 2.52. The van der Waals surface area contributed by atoms with Crippen molar-refractivity contribution < 1.29 is 4.79 Å². The molecular weight excluding hydrogens is 250 g/mol. The second-order valence-corrected chi connectivity index (χ2v) is 6.86. The second kappa shape index (κ2) is 5.64. The molecule has 1 amide bonds. The molecule has 1 saturated carbocycles. The summed E-state index contributed by atoms with van der Waals surface area (Å²) in [5.74, 6) is 1.07. The van der Waals surface area contributed by atoms with Crippen LogP contribution < -0.4 is 5.32 Å². The molecule has 0 aromatic carbocycles. The molecule has 1 N–H and O–H groups in total. The summed E-state index contributed by atoms with van der Waals surface area (Å²) in [6, 6.07) is 0. The fourth-order valence-corrected chi connectivity index (χ4v) is 4.37. The Balaban J connectivity index is 1.67. The van der Waals surface area contributed by atoms with E-state index in [0.717, 1.165) is 32.4 Å². The van der Waals surface area contributed by atoms with Crippen molar-refractivity contribution in [1.82, 2.24) is 15.1 Å². The quantitative estimate of drug-likeness (QED) is 0.852. The maximum Gasteiger partial charge on any atom is 0.244 e. The molecular formula is C16H29N3O. The molecule has 1 aliphatic carbocycles. The van der Waals surface area contributed by atoms with E-state index in [1.807, 2.05) is 0 Å². The Morgan fingerprint density at radius 2 is 2.05 bits per heavy atom. The van der Waals surface area contributed by atoms with Crippen molar-refractivity contribution in [2.75, 3.05) is 26.2 Å². The van der Waals surface area contributed by atoms with E-state index < -0.39 is 0 Å². The molecule has 1 spiro atoms. The van der Waals surface area contributed by atoms with Gasteiger partial charge in [0.25, 0.3) is 0 Å². The third-order valence-corrected chi connectivity index (χ3v) is 5.61. The van der Waals surface area contributed by atoms with Crippen molar-refractivity contribution >= 4 is 5.91 Å². The number of likely N-dealkylation sites (tertiary alicyclic amines) is 1. The zero-order chi connectivity index (χ0) is 14.2. The van der Waals surface area contributed by atoms with Gasteiger partial charge in [-0.25, -0.2) is 0 Å². The summed E-state index contributed by atoms with van der Waals surface area (Å²) in [6.45, 7) is 8.90. The average Bonchev–Trinajstić information content (AvgIpc) is 3.16. The molecule has 0 aromatic rings. The summed E-state index contributed by atoms with van der Waals surface area (Å²) in [4.78, 5) is 17.6. The van der Waals surface area contributed by atoms with Gasteiger partial charge in [-0.1, -0.05) is 26.7 Å². The van der Waals surface area contributed by atoms with Gasteiger partial charge in [-0.2, -0.15) is 0 Å². The Kier molecular flexibility index (Phi) is 4.04. The third kappa shape index (κ3) is 2.37. The molecule has 114 valence electrons. The van der Waals surface area contributed by atoms with Gasteiger partial charge in [0.05, 0.1) is 11.7 Å². The van der Waals surface area contributed by atoms with Gasteiger partial charge in [-0.15, -0.1) is 0 Å². The molecule has 0 aromatic heterocycles. The normalized spacial score (nSPS) is 33.7. The van der Waals surface area contributed by atoms with Crippen molar-refractivity contribution in [3.05, 3.63) is 0 Å². The molecule has 3 rings (SSSR count). The van der Waals surface area contributed by atoms with E-state index in [4.69, 9.17) is 0 Å². The lowest BCUT2D eigenvalue weighted by Crippen LogP contribution is -2.44. The lowest BCUT2D eigenvalue weighted by Gasteiger charge is -2.26. The first-order valence-electron chi connectivity index (χ1n) is 8.49. The van der Waals surface area contributed by atoms with Crippen molar-refractivity contribution in [3.8, 4) is 0 Å². The van der Waals surface area contributed by atoms with Gasteiger partial charge in [-0.3, -0.25) is 10.1 Å². The van der Waals surface area contributed by atoms with Gasteiger partial charge in [0.2, 0.25) is 5.91 Å². The Morgan fingerprint density at radius 3 is 2.65 bits per heavy atom. The maximum absolute atomic E-state index is 12.9. The first kappa shape index (κ1) is 14.3. The van der Waals surface area contributed by atoms with Crippen LogP contribution in [0, 0.1) is 5.92 Å². The van der Waals surface area contributed by atoms with Crippen LogP contribution in [-0.2, 0) is 4.79 Å². The van der Waals surface area contributed by atoms with Crippen molar-refractivity contribution in [2.24, 2.45) is 5.92 Å². The third-order valence-electron chi connectivity index (χ3n) is 5.61. The van der Waals surface area contributed by atoms with Crippen molar-refractivity contribution in [1.29, 1.82) is 0 Å². The summed E-state index contributed by atoms with van der Waals surface area (Å²) in [5, 5.41) is 3.68. The molecule has 4 nitrogen and oxygen atoms in total. The minimum Gasteiger partial charge on any atom is -0.325 e. The molecule has 20 heavy (non-hydrogen) atoms. The number of hydrogen-bond donors (Lipinski definition) is 1. The zero-order valence-electron chi connectivity index (χ0n) is 13.0. The monoisotopic (exact) mass is 279 g/mol. The SMILES string of the molecule is CCC1NC2(CCCC2)C(=O)N1CC1CCN(CC)C1. The van der Waals surface area contributed by atoms with E-state index in [1.165, 1.54) is 32.4 Å². The fraction of sp³-hybridized carbons (Fsp3) is 0.938. The van der Waals surface area contributed by atoms with E-state index >= 15 is 0 Å². The van der Waals surface area contributed by atoms with Crippen molar-refractivity contribution in [3.63, 3.8) is 0 Å². The minimum absolute atomic E-state index is 0.191. The molecule has 2 saturated heterocycles. The highest BCUT2D eigenvalue weighted by molar-refractivity contribution is 5.89. The van der Waals surface area contributed by atoms with Gasteiger partial charge >= 0.3 is 0 Å². The van der Waals surface area contributed by atoms with Gasteiger partial charge in [0.15, 0.2) is 0 Å². The fourth-order valence-electron chi connectivity index (χ4n) is 4.37. The first-order valence-corrected chi connectivity index (χ1v) is 8.49. The Hall–Kier alpha value is -0.610. The first-order chi connectivity index (χ1) is 9.68. The largest absolute Gasteiger partial charge is 0.325 e. The smallest absolute Gasteiger partial charge is 0.244 e. The Morgan fingerprint density at radius 1 is 1.30 bits per heavy atom. The molecule has 3 fully saturated rings.